The van der Waals surface area contributed by atoms with Crippen LogP contribution >= 0.6 is 0 Å². The molecule has 0 saturated heterocycles. The fourth-order valence-electron chi connectivity index (χ4n) is 2.24. The Morgan fingerprint density at radius 1 is 1.37 bits per heavy atom. The quantitative estimate of drug-likeness (QED) is 0.724. The lowest BCUT2D eigenvalue weighted by Crippen LogP contribution is -2.43. The zero-order chi connectivity index (χ0) is 14.0. The van der Waals surface area contributed by atoms with Gasteiger partial charge in [0.1, 0.15) is 0 Å². The molecule has 1 aromatic carbocycles. The Labute approximate surface area is 108 Å². The van der Waals surface area contributed by atoms with Gasteiger partial charge in [-0.3, -0.25) is 4.79 Å². The molecule has 1 amide bonds. The Morgan fingerprint density at radius 3 is 2.68 bits per heavy atom. The zero-order valence-electron chi connectivity index (χ0n) is 9.94. The van der Waals surface area contributed by atoms with Gasteiger partial charge < -0.3 is 4.90 Å². The van der Waals surface area contributed by atoms with Crippen LogP contribution in [0.2, 0.25) is 0 Å². The van der Waals surface area contributed by atoms with E-state index in [1.807, 2.05) is 6.07 Å². The van der Waals surface area contributed by atoms with Crippen LogP contribution in [-0.4, -0.2) is 30.1 Å². The van der Waals surface area contributed by atoms with Gasteiger partial charge in [0.2, 0.25) is 0 Å². The molecule has 0 radical (unpaired) electrons. The first kappa shape index (κ1) is 13.4. The van der Waals surface area contributed by atoms with Crippen LogP contribution in [0.4, 0.5) is 13.2 Å². The van der Waals surface area contributed by atoms with Crippen molar-refractivity contribution in [1.82, 2.24) is 4.90 Å². The SMILES string of the molecule is N#CC1CN(C(=O)C(F)(F)F)CCc2ccccc21. The van der Waals surface area contributed by atoms with E-state index in [1.165, 1.54) is 0 Å². The molecule has 0 N–H and O–H groups in total. The van der Waals surface area contributed by atoms with Crippen molar-refractivity contribution < 1.29 is 18.0 Å². The van der Waals surface area contributed by atoms with Gasteiger partial charge in [-0.1, -0.05) is 24.3 Å². The van der Waals surface area contributed by atoms with Crippen molar-refractivity contribution in [3.05, 3.63) is 35.4 Å². The molecular formula is C13H11F3N2O. The van der Waals surface area contributed by atoms with E-state index in [9.17, 15) is 18.0 Å². The summed E-state index contributed by atoms with van der Waals surface area (Å²) in [4.78, 5) is 12.0. The van der Waals surface area contributed by atoms with Gasteiger partial charge in [0.15, 0.2) is 0 Å². The molecule has 0 aromatic heterocycles. The van der Waals surface area contributed by atoms with Crippen LogP contribution in [-0.2, 0) is 11.2 Å². The van der Waals surface area contributed by atoms with Gasteiger partial charge in [-0.05, 0) is 17.5 Å². The van der Waals surface area contributed by atoms with E-state index in [0.29, 0.717) is 16.9 Å². The second-order valence-corrected chi connectivity index (χ2v) is 4.38. The number of carbonyl (C=O) groups is 1. The van der Waals surface area contributed by atoms with Crippen LogP contribution in [0.1, 0.15) is 17.0 Å². The minimum atomic E-state index is -4.89. The van der Waals surface area contributed by atoms with Crippen LogP contribution in [0.3, 0.4) is 0 Å². The van der Waals surface area contributed by atoms with Gasteiger partial charge in [0.05, 0.1) is 12.0 Å². The third kappa shape index (κ3) is 2.70. The van der Waals surface area contributed by atoms with Crippen molar-refractivity contribution in [3.63, 3.8) is 0 Å². The maximum atomic E-state index is 12.5. The molecule has 0 saturated carbocycles. The Morgan fingerprint density at radius 2 is 2.05 bits per heavy atom. The summed E-state index contributed by atoms with van der Waals surface area (Å²) >= 11 is 0. The summed E-state index contributed by atoms with van der Waals surface area (Å²) < 4.78 is 37.4. The lowest BCUT2D eigenvalue weighted by atomic mass is 9.95. The van der Waals surface area contributed by atoms with Crippen molar-refractivity contribution in [2.75, 3.05) is 13.1 Å². The Hall–Kier alpha value is -2.03. The molecule has 1 aromatic rings. The van der Waals surface area contributed by atoms with Crippen molar-refractivity contribution in [2.24, 2.45) is 0 Å². The van der Waals surface area contributed by atoms with Gasteiger partial charge in [0, 0.05) is 13.1 Å². The molecule has 0 spiro atoms. The summed E-state index contributed by atoms with van der Waals surface area (Å²) in [6, 6.07) is 8.99. The topological polar surface area (TPSA) is 44.1 Å². The number of nitrogens with zero attached hydrogens (tertiary/aromatic N) is 2. The van der Waals surface area contributed by atoms with Crippen LogP contribution in [0.25, 0.3) is 0 Å². The molecule has 3 nitrogen and oxygen atoms in total. The summed E-state index contributed by atoms with van der Waals surface area (Å²) in [5.74, 6) is -2.59. The summed E-state index contributed by atoms with van der Waals surface area (Å²) in [5.41, 5.74) is 1.54. The molecule has 1 aliphatic heterocycles. The highest BCUT2D eigenvalue weighted by Crippen LogP contribution is 2.27. The van der Waals surface area contributed by atoms with Crippen LogP contribution < -0.4 is 0 Å². The minimum absolute atomic E-state index is 0.0203. The van der Waals surface area contributed by atoms with Crippen LogP contribution in [0.15, 0.2) is 24.3 Å². The molecule has 1 atom stereocenters. The normalized spacial score (nSPS) is 19.3. The van der Waals surface area contributed by atoms with Crippen molar-refractivity contribution in [1.29, 1.82) is 5.26 Å². The van der Waals surface area contributed by atoms with E-state index < -0.39 is 18.0 Å². The standard InChI is InChI=1S/C13H11F3N2O/c14-13(15,16)12(19)18-6-5-9-3-1-2-4-11(9)10(7-17)8-18/h1-4,10H,5-6,8H2. The van der Waals surface area contributed by atoms with Gasteiger partial charge in [0.25, 0.3) is 0 Å². The molecule has 19 heavy (non-hydrogen) atoms. The number of alkyl halides is 3. The number of amides is 1. The van der Waals surface area contributed by atoms with E-state index >= 15 is 0 Å². The van der Waals surface area contributed by atoms with E-state index in [-0.39, 0.29) is 13.1 Å². The lowest BCUT2D eigenvalue weighted by molar-refractivity contribution is -0.185. The Kier molecular flexibility index (Phi) is 3.47. The largest absolute Gasteiger partial charge is 0.471 e. The first-order valence-corrected chi connectivity index (χ1v) is 5.77. The predicted molar refractivity (Wildman–Crippen MR) is 61.1 cm³/mol. The van der Waals surface area contributed by atoms with Gasteiger partial charge in [-0.25, -0.2) is 0 Å². The van der Waals surface area contributed by atoms with E-state index in [1.54, 1.807) is 24.3 Å². The Bertz CT molecular complexity index is 533. The number of benzene rings is 1. The number of carbonyl (C=O) groups excluding carboxylic acids is 1. The average Bonchev–Trinajstić information content (AvgIpc) is 2.56. The van der Waals surface area contributed by atoms with E-state index in [0.717, 1.165) is 5.56 Å². The first-order chi connectivity index (χ1) is 8.93. The van der Waals surface area contributed by atoms with E-state index in [4.69, 9.17) is 5.26 Å². The molecule has 0 fully saturated rings. The maximum Gasteiger partial charge on any atom is 0.471 e. The van der Waals surface area contributed by atoms with Crippen molar-refractivity contribution >= 4 is 5.91 Å². The fraction of sp³-hybridized carbons (Fsp3) is 0.385. The van der Waals surface area contributed by atoms with Gasteiger partial charge >= 0.3 is 12.1 Å². The number of hydrogen-bond donors (Lipinski definition) is 0. The molecule has 0 aliphatic carbocycles. The number of nitriles is 1. The third-order valence-electron chi connectivity index (χ3n) is 3.17. The second-order valence-electron chi connectivity index (χ2n) is 4.38. The first-order valence-electron chi connectivity index (χ1n) is 5.77. The molecule has 2 rings (SSSR count). The highest BCUT2D eigenvalue weighted by Gasteiger charge is 2.43. The van der Waals surface area contributed by atoms with Crippen molar-refractivity contribution in [3.8, 4) is 6.07 Å². The second kappa shape index (κ2) is 4.92. The number of hydrogen-bond acceptors (Lipinski definition) is 2. The van der Waals surface area contributed by atoms with Gasteiger partial charge in [-0.2, -0.15) is 18.4 Å². The van der Waals surface area contributed by atoms with Crippen LogP contribution in [0, 0.1) is 11.3 Å². The van der Waals surface area contributed by atoms with Gasteiger partial charge in [-0.15, -0.1) is 0 Å². The molecule has 0 bridgehead atoms. The highest BCUT2D eigenvalue weighted by molar-refractivity contribution is 5.82. The number of fused-ring (bicyclic) bond motifs is 1. The minimum Gasteiger partial charge on any atom is -0.333 e. The monoisotopic (exact) mass is 268 g/mol. The molecule has 1 heterocycles. The van der Waals surface area contributed by atoms with Crippen LogP contribution in [0.5, 0.6) is 0 Å². The number of rotatable bonds is 0. The molecule has 1 unspecified atom stereocenters. The molecular weight excluding hydrogens is 257 g/mol. The maximum absolute atomic E-state index is 12.5. The fourth-order valence-corrected chi connectivity index (χ4v) is 2.24. The van der Waals surface area contributed by atoms with E-state index in [2.05, 4.69) is 0 Å². The smallest absolute Gasteiger partial charge is 0.333 e. The lowest BCUT2D eigenvalue weighted by Gasteiger charge is -2.22. The zero-order valence-corrected chi connectivity index (χ0v) is 9.94. The predicted octanol–water partition coefficient (Wildman–Crippen LogP) is 2.24. The summed E-state index contributed by atoms with van der Waals surface area (Å²) in [5, 5.41) is 9.10. The third-order valence-corrected chi connectivity index (χ3v) is 3.17. The molecule has 1 aliphatic rings. The summed E-state index contributed by atoms with van der Waals surface area (Å²) in [7, 11) is 0. The highest BCUT2D eigenvalue weighted by atomic mass is 19.4. The molecule has 100 valence electrons. The summed E-state index contributed by atoms with van der Waals surface area (Å²) in [6.07, 6.45) is -4.56. The van der Waals surface area contributed by atoms with Crippen molar-refractivity contribution in [2.45, 2.75) is 18.5 Å². The molecule has 6 heteroatoms. The Balaban J connectivity index is 2.29. The average molecular weight is 268 g/mol. The number of halogens is 3. The summed E-state index contributed by atoms with van der Waals surface area (Å²) in [6.45, 7) is -0.237.